The maximum atomic E-state index is 12.4. The van der Waals surface area contributed by atoms with Gasteiger partial charge in [-0.15, -0.1) is 0 Å². The van der Waals surface area contributed by atoms with Crippen molar-refractivity contribution in [2.45, 2.75) is 57.7 Å². The molecule has 0 aliphatic carbocycles. The zero-order chi connectivity index (χ0) is 21.5. The van der Waals surface area contributed by atoms with Crippen LogP contribution < -0.4 is 5.48 Å². The summed E-state index contributed by atoms with van der Waals surface area (Å²) in [5, 5.41) is 10.5. The van der Waals surface area contributed by atoms with Gasteiger partial charge in [-0.3, -0.25) is 14.9 Å². The number of carbonyl (C=O) groups excluding carboxylic acids is 2. The molecule has 0 radical (unpaired) electrons. The van der Waals surface area contributed by atoms with E-state index in [2.05, 4.69) is 43.6 Å². The van der Waals surface area contributed by atoms with Crippen LogP contribution in [0.2, 0.25) is 0 Å². The number of nitrogens with zero attached hydrogens (tertiary/aromatic N) is 2. The number of methoxy groups -OCH3 is 1. The summed E-state index contributed by atoms with van der Waals surface area (Å²) >= 11 is 3.59. The number of aldehydes is 1. The van der Waals surface area contributed by atoms with Crippen molar-refractivity contribution in [3.05, 3.63) is 33.9 Å². The number of nitrogens with one attached hydrogen (secondary N) is 1. The first-order valence-electron chi connectivity index (χ1n) is 10.5. The van der Waals surface area contributed by atoms with Gasteiger partial charge in [-0.25, -0.2) is 5.48 Å². The topological polar surface area (TPSA) is 83.8 Å². The maximum absolute atomic E-state index is 12.4. The highest BCUT2D eigenvalue weighted by atomic mass is 79.9. The van der Waals surface area contributed by atoms with Gasteiger partial charge in [0.2, 0.25) is 0 Å². The number of unbranched alkanes of at least 4 members (excludes halogenated alkanes) is 3. The van der Waals surface area contributed by atoms with Gasteiger partial charge in [-0.2, -0.15) is 0 Å². The van der Waals surface area contributed by atoms with E-state index in [1.165, 1.54) is 22.2 Å². The molecule has 3 rings (SSSR count). The Hall–Kier alpha value is -1.74. The van der Waals surface area contributed by atoms with Crippen LogP contribution >= 0.6 is 15.9 Å². The molecular formula is C22H30BrN3O4. The lowest BCUT2D eigenvalue weighted by atomic mass is 9.99. The van der Waals surface area contributed by atoms with Gasteiger partial charge in [-0.05, 0) is 36.6 Å². The molecule has 1 aliphatic heterocycles. The van der Waals surface area contributed by atoms with E-state index in [-0.39, 0.29) is 11.9 Å². The summed E-state index contributed by atoms with van der Waals surface area (Å²) in [5.41, 5.74) is 5.57. The minimum Gasteiger partial charge on any atom is -0.383 e. The highest BCUT2D eigenvalue weighted by Crippen LogP contribution is 2.34. The van der Waals surface area contributed by atoms with Gasteiger partial charge in [0.1, 0.15) is 6.29 Å². The number of rotatable bonds is 11. The van der Waals surface area contributed by atoms with Crippen LogP contribution in [0.25, 0.3) is 10.9 Å². The maximum Gasteiger partial charge on any atom is 0.260 e. The molecule has 1 aliphatic rings. The molecule has 1 atom stereocenters. The van der Waals surface area contributed by atoms with E-state index >= 15 is 0 Å². The number of hydroxylamine groups is 1. The zero-order valence-corrected chi connectivity index (χ0v) is 19.0. The van der Waals surface area contributed by atoms with E-state index in [9.17, 15) is 14.8 Å². The summed E-state index contributed by atoms with van der Waals surface area (Å²) < 4.78 is 8.67. The third-order valence-corrected chi connectivity index (χ3v) is 6.41. The first-order valence-corrected chi connectivity index (χ1v) is 11.3. The molecular weight excluding hydrogens is 450 g/mol. The molecule has 1 unspecified atom stereocenters. The lowest BCUT2D eigenvalue weighted by molar-refractivity contribution is -0.135. The normalized spacial score (nSPS) is 15.2. The Kier molecular flexibility index (Phi) is 8.44. The van der Waals surface area contributed by atoms with E-state index in [4.69, 9.17) is 4.74 Å². The molecule has 164 valence electrons. The highest BCUT2D eigenvalue weighted by molar-refractivity contribution is 9.10. The summed E-state index contributed by atoms with van der Waals surface area (Å²) in [6.45, 7) is 2.85. The van der Waals surface area contributed by atoms with Crippen molar-refractivity contribution < 1.29 is 19.5 Å². The molecule has 2 N–H and O–H groups in total. The number of carbonyl (C=O) groups is 2. The third kappa shape index (κ3) is 5.11. The zero-order valence-electron chi connectivity index (χ0n) is 17.4. The first-order chi connectivity index (χ1) is 14.6. The lowest BCUT2D eigenvalue weighted by Crippen LogP contribution is -2.48. The van der Waals surface area contributed by atoms with Crippen LogP contribution in [0, 0.1) is 0 Å². The van der Waals surface area contributed by atoms with Crippen molar-refractivity contribution in [3.63, 3.8) is 0 Å². The predicted molar refractivity (Wildman–Crippen MR) is 118 cm³/mol. The van der Waals surface area contributed by atoms with Gasteiger partial charge in [0.25, 0.3) is 5.91 Å². The highest BCUT2D eigenvalue weighted by Gasteiger charge is 2.31. The minimum atomic E-state index is -0.385. The molecule has 7 nitrogen and oxygen atoms in total. The average Bonchev–Trinajstić information content (AvgIpc) is 3.06. The summed E-state index contributed by atoms with van der Waals surface area (Å²) in [5.74, 6) is -0.363. The molecule has 2 heterocycles. The Morgan fingerprint density at radius 1 is 1.37 bits per heavy atom. The van der Waals surface area contributed by atoms with Crippen LogP contribution in [0.3, 0.4) is 0 Å². The fourth-order valence-corrected chi connectivity index (χ4v) is 4.80. The SMILES string of the molecule is COCCn1c2c(c3cc(Br)ccc31)CN(C(CCCCCC=O)C(=O)NO)CC2. The van der Waals surface area contributed by atoms with Gasteiger partial charge in [0.15, 0.2) is 0 Å². The van der Waals surface area contributed by atoms with Crippen molar-refractivity contribution in [1.29, 1.82) is 0 Å². The molecule has 1 aromatic heterocycles. The fourth-order valence-electron chi connectivity index (χ4n) is 4.44. The Morgan fingerprint density at radius 2 is 2.20 bits per heavy atom. The molecule has 1 amide bonds. The van der Waals surface area contributed by atoms with Crippen LogP contribution in [0.15, 0.2) is 22.7 Å². The number of fused-ring (bicyclic) bond motifs is 3. The monoisotopic (exact) mass is 479 g/mol. The van der Waals surface area contributed by atoms with Gasteiger partial charge in [0.05, 0.1) is 12.6 Å². The number of hydrogen-bond donors (Lipinski definition) is 2. The molecule has 0 saturated heterocycles. The van der Waals surface area contributed by atoms with Gasteiger partial charge in [0, 0.05) is 60.7 Å². The molecule has 8 heteroatoms. The average molecular weight is 480 g/mol. The summed E-state index contributed by atoms with van der Waals surface area (Å²) in [4.78, 5) is 25.1. The van der Waals surface area contributed by atoms with Crippen LogP contribution in [-0.4, -0.2) is 53.2 Å². The van der Waals surface area contributed by atoms with Crippen molar-refractivity contribution >= 4 is 39.0 Å². The Labute approximate surface area is 185 Å². The second kappa shape index (κ2) is 11.0. The largest absolute Gasteiger partial charge is 0.383 e. The number of halogens is 1. The molecule has 0 bridgehead atoms. The second-order valence-corrected chi connectivity index (χ2v) is 8.66. The number of benzene rings is 1. The summed E-state index contributed by atoms with van der Waals surface area (Å²) in [7, 11) is 1.71. The van der Waals surface area contributed by atoms with Gasteiger partial charge in [-0.1, -0.05) is 28.8 Å². The van der Waals surface area contributed by atoms with Crippen molar-refractivity contribution in [3.8, 4) is 0 Å². The van der Waals surface area contributed by atoms with E-state index in [1.807, 2.05) is 5.48 Å². The Morgan fingerprint density at radius 3 is 2.93 bits per heavy atom. The first kappa shape index (κ1) is 22.9. The minimum absolute atomic E-state index is 0.363. The van der Waals surface area contributed by atoms with Crippen LogP contribution in [0.1, 0.15) is 43.4 Å². The van der Waals surface area contributed by atoms with Crippen LogP contribution in [0.4, 0.5) is 0 Å². The molecule has 1 aromatic carbocycles. The van der Waals surface area contributed by atoms with Gasteiger partial charge < -0.3 is 14.1 Å². The van der Waals surface area contributed by atoms with Gasteiger partial charge >= 0.3 is 0 Å². The number of ether oxygens (including phenoxy) is 1. The Bertz CT molecular complexity index is 883. The number of hydrogen-bond acceptors (Lipinski definition) is 5. The Balaban J connectivity index is 1.84. The summed E-state index contributed by atoms with van der Waals surface area (Å²) in [6.07, 6.45) is 5.56. The van der Waals surface area contributed by atoms with Crippen LogP contribution in [-0.2, 0) is 33.8 Å². The van der Waals surface area contributed by atoms with Crippen LogP contribution in [0.5, 0.6) is 0 Å². The standard InChI is InChI=1S/C22H30BrN3O4/c1-30-13-11-26-19-8-7-16(23)14-17(19)18-15-25(10-9-20(18)26)21(22(28)24-29)6-4-2-3-5-12-27/h7-8,12,14,21,29H,2-6,9-11,13,15H2,1H3,(H,24,28). The molecule has 2 aromatic rings. The third-order valence-electron chi connectivity index (χ3n) is 5.92. The summed E-state index contributed by atoms with van der Waals surface area (Å²) in [6, 6.07) is 5.93. The van der Waals surface area contributed by atoms with Crippen molar-refractivity contribution in [2.24, 2.45) is 0 Å². The van der Waals surface area contributed by atoms with E-state index in [0.717, 1.165) is 49.5 Å². The lowest BCUT2D eigenvalue weighted by Gasteiger charge is -2.34. The smallest absolute Gasteiger partial charge is 0.260 e. The molecule has 0 saturated carbocycles. The van der Waals surface area contributed by atoms with E-state index in [1.54, 1.807) is 7.11 Å². The van der Waals surface area contributed by atoms with E-state index in [0.29, 0.717) is 26.0 Å². The molecule has 0 fully saturated rings. The predicted octanol–water partition coefficient (Wildman–Crippen LogP) is 3.43. The number of amides is 1. The quantitative estimate of drug-likeness (QED) is 0.223. The number of aromatic nitrogens is 1. The van der Waals surface area contributed by atoms with E-state index < -0.39 is 0 Å². The molecule has 30 heavy (non-hydrogen) atoms. The molecule has 0 spiro atoms. The fraction of sp³-hybridized carbons (Fsp3) is 0.545. The van der Waals surface area contributed by atoms with Crippen molar-refractivity contribution in [2.75, 3.05) is 20.3 Å². The second-order valence-electron chi connectivity index (χ2n) is 7.75. The van der Waals surface area contributed by atoms with Crippen molar-refractivity contribution in [1.82, 2.24) is 14.9 Å².